The Morgan fingerprint density at radius 3 is 2.80 bits per heavy atom. The van der Waals surface area contributed by atoms with Crippen molar-refractivity contribution in [1.82, 2.24) is 9.38 Å². The van der Waals surface area contributed by atoms with Crippen molar-refractivity contribution >= 4 is 39.7 Å². The van der Waals surface area contributed by atoms with Crippen molar-refractivity contribution in [1.29, 1.82) is 0 Å². The minimum Gasteiger partial charge on any atom is -0.325 e. The Balaban J connectivity index is 1.55. The predicted octanol–water partition coefficient (Wildman–Crippen LogP) is 3.50. The van der Waals surface area contributed by atoms with E-state index >= 15 is 0 Å². The van der Waals surface area contributed by atoms with Crippen LogP contribution in [0.3, 0.4) is 0 Å². The highest BCUT2D eigenvalue weighted by atomic mass is 32.2. The van der Waals surface area contributed by atoms with Crippen molar-refractivity contribution < 1.29 is 4.79 Å². The van der Waals surface area contributed by atoms with Gasteiger partial charge in [-0.25, -0.2) is 4.98 Å². The lowest BCUT2D eigenvalue weighted by molar-refractivity contribution is -0.113. The van der Waals surface area contributed by atoms with Crippen LogP contribution in [0.15, 0.2) is 40.5 Å². The molecule has 0 radical (unpaired) electrons. The number of anilines is 1. The lowest BCUT2D eigenvalue weighted by Gasteiger charge is -2.06. The Morgan fingerprint density at radius 2 is 2.08 bits per heavy atom. The Kier molecular flexibility index (Phi) is 5.55. The van der Waals surface area contributed by atoms with Crippen LogP contribution in [0.5, 0.6) is 0 Å². The molecule has 0 spiro atoms. The van der Waals surface area contributed by atoms with Crippen LogP contribution in [0.4, 0.5) is 5.69 Å². The Labute approximate surface area is 154 Å². The highest BCUT2D eigenvalue weighted by Gasteiger charge is 2.08. The molecular weight excluding hydrogens is 354 g/mol. The van der Waals surface area contributed by atoms with Gasteiger partial charge in [0.2, 0.25) is 5.91 Å². The molecule has 1 aromatic carbocycles. The number of hydrogen-bond donors (Lipinski definition) is 1. The topological polar surface area (TPSA) is 63.5 Å². The standard InChI is InChI=1S/C18H19N3O2S2/c1-3-13-4-6-14(7-5-13)19-16(22)11-24-10-15-8-17(23)21-12(2)9-25-18(21)20-15/h4-9H,3,10-11H2,1-2H3,(H,19,22). The molecule has 0 bridgehead atoms. The van der Waals surface area contributed by atoms with E-state index in [-0.39, 0.29) is 11.5 Å². The molecule has 1 N–H and O–H groups in total. The van der Waals surface area contributed by atoms with Gasteiger partial charge in [0.1, 0.15) is 0 Å². The number of aryl methyl sites for hydroxylation is 2. The molecule has 0 aliphatic rings. The third kappa shape index (κ3) is 4.29. The second kappa shape index (κ2) is 7.84. The van der Waals surface area contributed by atoms with Gasteiger partial charge in [0.05, 0.1) is 11.4 Å². The SMILES string of the molecule is CCc1ccc(NC(=O)CSCc2cc(=O)n3c(C)csc3n2)cc1. The summed E-state index contributed by atoms with van der Waals surface area (Å²) < 4.78 is 1.60. The largest absolute Gasteiger partial charge is 0.325 e. The number of fused-ring (bicyclic) bond motifs is 1. The number of thioether (sulfide) groups is 1. The number of nitrogens with one attached hydrogen (secondary N) is 1. The summed E-state index contributed by atoms with van der Waals surface area (Å²) in [6, 6.07) is 9.39. The van der Waals surface area contributed by atoms with Gasteiger partial charge in [0, 0.05) is 28.6 Å². The van der Waals surface area contributed by atoms with Crippen molar-refractivity contribution in [3.05, 3.63) is 63.0 Å². The molecule has 2 heterocycles. The van der Waals surface area contributed by atoms with Gasteiger partial charge < -0.3 is 5.32 Å². The molecule has 0 saturated carbocycles. The van der Waals surface area contributed by atoms with Crippen LogP contribution in [-0.2, 0) is 17.0 Å². The quantitative estimate of drug-likeness (QED) is 0.718. The maximum Gasteiger partial charge on any atom is 0.258 e. The van der Waals surface area contributed by atoms with Crippen molar-refractivity contribution in [2.75, 3.05) is 11.1 Å². The first kappa shape index (κ1) is 17.7. The van der Waals surface area contributed by atoms with E-state index in [4.69, 9.17) is 0 Å². The summed E-state index contributed by atoms with van der Waals surface area (Å²) in [5.74, 6) is 0.796. The number of amides is 1. The summed E-state index contributed by atoms with van der Waals surface area (Å²) in [7, 11) is 0. The molecule has 5 nitrogen and oxygen atoms in total. The second-order valence-corrected chi connectivity index (χ2v) is 7.49. The highest BCUT2D eigenvalue weighted by molar-refractivity contribution is 7.99. The fourth-order valence-corrected chi connectivity index (χ4v) is 4.05. The maximum atomic E-state index is 12.1. The molecule has 2 aromatic heterocycles. The number of aromatic nitrogens is 2. The van der Waals surface area contributed by atoms with Crippen LogP contribution < -0.4 is 10.9 Å². The molecule has 3 aromatic rings. The monoisotopic (exact) mass is 373 g/mol. The average Bonchev–Trinajstić information content (AvgIpc) is 2.97. The van der Waals surface area contributed by atoms with E-state index in [2.05, 4.69) is 17.2 Å². The fourth-order valence-electron chi connectivity index (χ4n) is 2.44. The van der Waals surface area contributed by atoms with E-state index in [1.807, 2.05) is 36.6 Å². The van der Waals surface area contributed by atoms with Crippen LogP contribution in [0.25, 0.3) is 4.96 Å². The third-order valence-corrected chi connectivity index (χ3v) is 5.67. The Morgan fingerprint density at radius 1 is 1.32 bits per heavy atom. The van der Waals surface area contributed by atoms with E-state index in [1.54, 1.807) is 10.5 Å². The van der Waals surface area contributed by atoms with Gasteiger partial charge in [-0.2, -0.15) is 0 Å². The zero-order valence-electron chi connectivity index (χ0n) is 14.1. The second-order valence-electron chi connectivity index (χ2n) is 5.67. The zero-order valence-corrected chi connectivity index (χ0v) is 15.7. The van der Waals surface area contributed by atoms with Gasteiger partial charge in [-0.3, -0.25) is 14.0 Å². The molecular formula is C18H19N3O2S2. The van der Waals surface area contributed by atoms with Crippen molar-refractivity contribution in [2.24, 2.45) is 0 Å². The average molecular weight is 374 g/mol. The van der Waals surface area contributed by atoms with E-state index in [0.29, 0.717) is 22.2 Å². The molecule has 7 heteroatoms. The predicted molar refractivity (Wildman–Crippen MR) is 105 cm³/mol. The minimum atomic E-state index is -0.0696. The van der Waals surface area contributed by atoms with Crippen molar-refractivity contribution in [2.45, 2.75) is 26.0 Å². The summed E-state index contributed by atoms with van der Waals surface area (Å²) in [4.78, 5) is 29.3. The highest BCUT2D eigenvalue weighted by Crippen LogP contribution is 2.15. The molecule has 1 amide bonds. The lowest BCUT2D eigenvalue weighted by Crippen LogP contribution is -2.16. The van der Waals surface area contributed by atoms with Crippen molar-refractivity contribution in [3.8, 4) is 0 Å². The van der Waals surface area contributed by atoms with Gasteiger partial charge in [-0.05, 0) is 31.0 Å². The molecule has 0 aliphatic carbocycles. The number of carbonyl (C=O) groups excluding carboxylic acids is 1. The lowest BCUT2D eigenvalue weighted by atomic mass is 10.1. The molecule has 0 saturated heterocycles. The van der Waals surface area contributed by atoms with Crippen molar-refractivity contribution in [3.63, 3.8) is 0 Å². The first-order valence-corrected chi connectivity index (χ1v) is 10.0. The Hall–Kier alpha value is -2.12. The number of carbonyl (C=O) groups is 1. The fraction of sp³-hybridized carbons (Fsp3) is 0.278. The number of nitrogens with zero attached hydrogens (tertiary/aromatic N) is 2. The molecule has 130 valence electrons. The van der Waals surface area contributed by atoms with Gasteiger partial charge in [-0.1, -0.05) is 19.1 Å². The number of thiazole rings is 1. The number of rotatable bonds is 6. The molecule has 25 heavy (non-hydrogen) atoms. The van der Waals surface area contributed by atoms with Gasteiger partial charge >= 0.3 is 0 Å². The number of hydrogen-bond acceptors (Lipinski definition) is 5. The molecule has 0 unspecified atom stereocenters. The first-order chi connectivity index (χ1) is 12.1. The van der Waals surface area contributed by atoms with Crippen LogP contribution in [0.1, 0.15) is 23.9 Å². The normalized spacial score (nSPS) is 11.0. The third-order valence-electron chi connectivity index (χ3n) is 3.76. The van der Waals surface area contributed by atoms with E-state index in [1.165, 1.54) is 28.7 Å². The first-order valence-electron chi connectivity index (χ1n) is 8.00. The van der Waals surface area contributed by atoms with Crippen LogP contribution in [-0.4, -0.2) is 21.0 Å². The molecule has 3 rings (SSSR count). The van der Waals surface area contributed by atoms with Crippen LogP contribution in [0, 0.1) is 6.92 Å². The smallest absolute Gasteiger partial charge is 0.258 e. The van der Waals surface area contributed by atoms with Crippen LogP contribution in [0.2, 0.25) is 0 Å². The van der Waals surface area contributed by atoms with E-state index < -0.39 is 0 Å². The van der Waals surface area contributed by atoms with Gasteiger partial charge in [-0.15, -0.1) is 23.1 Å². The number of benzene rings is 1. The molecule has 0 aliphatic heterocycles. The zero-order chi connectivity index (χ0) is 17.8. The summed E-state index contributed by atoms with van der Waals surface area (Å²) in [5.41, 5.74) is 3.57. The Bertz CT molecular complexity index is 945. The minimum absolute atomic E-state index is 0.0565. The summed E-state index contributed by atoms with van der Waals surface area (Å²) in [6.45, 7) is 3.98. The van der Waals surface area contributed by atoms with E-state index in [0.717, 1.165) is 17.8 Å². The van der Waals surface area contributed by atoms with Gasteiger partial charge in [0.25, 0.3) is 5.56 Å². The molecule has 0 fully saturated rings. The molecule has 0 atom stereocenters. The summed E-state index contributed by atoms with van der Waals surface area (Å²) in [5, 5.41) is 4.79. The maximum absolute atomic E-state index is 12.1. The summed E-state index contributed by atoms with van der Waals surface area (Å²) in [6.07, 6.45) is 0.977. The van der Waals surface area contributed by atoms with Crippen LogP contribution >= 0.6 is 23.1 Å². The van der Waals surface area contributed by atoms with Gasteiger partial charge in [0.15, 0.2) is 4.96 Å². The summed E-state index contributed by atoms with van der Waals surface area (Å²) >= 11 is 2.90. The van der Waals surface area contributed by atoms with E-state index in [9.17, 15) is 9.59 Å².